The molecule has 34 heavy (non-hydrogen) atoms. The predicted molar refractivity (Wildman–Crippen MR) is 135 cm³/mol. The minimum atomic E-state index is -3.42. The van der Waals surface area contributed by atoms with Crippen LogP contribution in [0.1, 0.15) is 35.1 Å². The van der Waals surface area contributed by atoms with E-state index in [0.717, 1.165) is 22.3 Å². The van der Waals surface area contributed by atoms with Crippen LogP contribution < -0.4 is 0 Å². The van der Waals surface area contributed by atoms with Crippen LogP contribution in [0.25, 0.3) is 0 Å². The zero-order valence-electron chi connectivity index (χ0n) is 19.6. The van der Waals surface area contributed by atoms with Gasteiger partial charge in [-0.25, -0.2) is 12.7 Å². The SMILES string of the molecule is Cc1ccccc1CS(=O)(=O)N1CCC(C(=O)N(Cc2ccccc2)Cc2ccccc2)CC1. The van der Waals surface area contributed by atoms with Crippen LogP contribution in [-0.4, -0.2) is 36.6 Å². The van der Waals surface area contributed by atoms with Crippen LogP contribution in [0.4, 0.5) is 0 Å². The number of carbonyl (C=O) groups excluding carboxylic acids is 1. The molecule has 1 saturated heterocycles. The van der Waals surface area contributed by atoms with E-state index in [2.05, 4.69) is 0 Å². The van der Waals surface area contributed by atoms with Crippen LogP contribution in [0.2, 0.25) is 0 Å². The Balaban J connectivity index is 1.42. The monoisotopic (exact) mass is 476 g/mol. The number of carbonyl (C=O) groups is 1. The Morgan fingerprint density at radius 2 is 1.32 bits per heavy atom. The second kappa shape index (κ2) is 11.0. The van der Waals surface area contributed by atoms with E-state index < -0.39 is 10.0 Å². The number of hydrogen-bond donors (Lipinski definition) is 0. The highest BCUT2D eigenvalue weighted by atomic mass is 32.2. The summed E-state index contributed by atoms with van der Waals surface area (Å²) in [5.74, 6) is -0.0621. The molecular weight excluding hydrogens is 444 g/mol. The minimum absolute atomic E-state index is 0.00637. The Labute approximate surface area is 203 Å². The smallest absolute Gasteiger partial charge is 0.226 e. The number of piperidine rings is 1. The summed E-state index contributed by atoms with van der Waals surface area (Å²) in [5, 5.41) is 0. The molecule has 0 radical (unpaired) electrons. The number of sulfonamides is 1. The topological polar surface area (TPSA) is 57.7 Å². The molecule has 0 unspecified atom stereocenters. The summed E-state index contributed by atoms with van der Waals surface area (Å²) in [5.41, 5.74) is 3.99. The maximum absolute atomic E-state index is 13.6. The fourth-order valence-electron chi connectivity index (χ4n) is 4.52. The first-order valence-electron chi connectivity index (χ1n) is 11.8. The molecule has 5 nitrogen and oxygen atoms in total. The summed E-state index contributed by atoms with van der Waals surface area (Å²) in [7, 11) is -3.42. The number of hydrogen-bond acceptors (Lipinski definition) is 3. The van der Waals surface area contributed by atoms with Crippen molar-refractivity contribution < 1.29 is 13.2 Å². The van der Waals surface area contributed by atoms with Crippen molar-refractivity contribution in [3.63, 3.8) is 0 Å². The normalized spacial score (nSPS) is 15.2. The molecule has 0 spiro atoms. The maximum atomic E-state index is 13.6. The van der Waals surface area contributed by atoms with E-state index in [0.29, 0.717) is 39.0 Å². The van der Waals surface area contributed by atoms with Crippen molar-refractivity contribution in [3.05, 3.63) is 107 Å². The van der Waals surface area contributed by atoms with Gasteiger partial charge < -0.3 is 4.90 Å². The molecule has 0 atom stereocenters. The van der Waals surface area contributed by atoms with Gasteiger partial charge in [-0.15, -0.1) is 0 Å². The Kier molecular flexibility index (Phi) is 7.80. The van der Waals surface area contributed by atoms with Crippen molar-refractivity contribution >= 4 is 15.9 Å². The average Bonchev–Trinajstić information content (AvgIpc) is 2.86. The van der Waals surface area contributed by atoms with E-state index in [1.165, 1.54) is 0 Å². The molecule has 1 aliphatic rings. The van der Waals surface area contributed by atoms with Gasteiger partial charge in [-0.3, -0.25) is 4.79 Å². The fourth-order valence-corrected chi connectivity index (χ4v) is 6.18. The second-order valence-electron chi connectivity index (χ2n) is 9.02. The summed E-state index contributed by atoms with van der Waals surface area (Å²) < 4.78 is 27.6. The molecule has 1 amide bonds. The van der Waals surface area contributed by atoms with E-state index in [9.17, 15) is 13.2 Å². The van der Waals surface area contributed by atoms with Crippen molar-refractivity contribution in [1.82, 2.24) is 9.21 Å². The van der Waals surface area contributed by atoms with Gasteiger partial charge in [0.05, 0.1) is 5.75 Å². The number of amides is 1. The van der Waals surface area contributed by atoms with Gasteiger partial charge in [-0.1, -0.05) is 84.9 Å². The third-order valence-corrected chi connectivity index (χ3v) is 8.37. The van der Waals surface area contributed by atoms with Gasteiger partial charge in [0.15, 0.2) is 0 Å². The van der Waals surface area contributed by atoms with Crippen LogP contribution in [0.15, 0.2) is 84.9 Å². The summed E-state index contributed by atoms with van der Waals surface area (Å²) in [6, 6.07) is 27.6. The molecule has 0 bridgehead atoms. The van der Waals surface area contributed by atoms with Crippen LogP contribution in [-0.2, 0) is 33.7 Å². The van der Waals surface area contributed by atoms with Gasteiger partial charge >= 0.3 is 0 Å². The van der Waals surface area contributed by atoms with Crippen LogP contribution >= 0.6 is 0 Å². The summed E-state index contributed by atoms with van der Waals surface area (Å²) in [6.07, 6.45) is 1.10. The Morgan fingerprint density at radius 1 is 0.824 bits per heavy atom. The highest BCUT2D eigenvalue weighted by molar-refractivity contribution is 7.88. The van der Waals surface area contributed by atoms with Crippen molar-refractivity contribution in [2.24, 2.45) is 5.92 Å². The third kappa shape index (κ3) is 6.13. The van der Waals surface area contributed by atoms with Crippen LogP contribution in [0.5, 0.6) is 0 Å². The molecular formula is C28H32N2O3S. The number of benzene rings is 3. The third-order valence-electron chi connectivity index (χ3n) is 6.54. The molecule has 1 aliphatic heterocycles. The molecule has 178 valence electrons. The molecule has 6 heteroatoms. The number of nitrogens with zero attached hydrogens (tertiary/aromatic N) is 2. The predicted octanol–water partition coefficient (Wildman–Crippen LogP) is 4.77. The first-order valence-corrected chi connectivity index (χ1v) is 13.4. The zero-order chi connectivity index (χ0) is 24.0. The van der Waals surface area contributed by atoms with Gasteiger partial charge in [0.2, 0.25) is 15.9 Å². The zero-order valence-corrected chi connectivity index (χ0v) is 20.5. The lowest BCUT2D eigenvalue weighted by Crippen LogP contribution is -2.44. The van der Waals surface area contributed by atoms with Crippen LogP contribution in [0.3, 0.4) is 0 Å². The van der Waals surface area contributed by atoms with E-state index in [1.54, 1.807) is 4.31 Å². The van der Waals surface area contributed by atoms with Gasteiger partial charge in [-0.05, 0) is 42.0 Å². The summed E-state index contributed by atoms with van der Waals surface area (Å²) >= 11 is 0. The van der Waals surface area contributed by atoms with E-state index >= 15 is 0 Å². The molecule has 0 saturated carbocycles. The molecule has 3 aromatic carbocycles. The first kappa shape index (κ1) is 24.2. The second-order valence-corrected chi connectivity index (χ2v) is 11.0. The van der Waals surface area contributed by atoms with Gasteiger partial charge in [0, 0.05) is 32.1 Å². The Hall–Kier alpha value is -2.96. The quantitative estimate of drug-likeness (QED) is 0.471. The van der Waals surface area contributed by atoms with Crippen molar-refractivity contribution in [1.29, 1.82) is 0 Å². The average molecular weight is 477 g/mol. The van der Waals surface area contributed by atoms with E-state index in [-0.39, 0.29) is 17.6 Å². The summed E-state index contributed by atoms with van der Waals surface area (Å²) in [6.45, 7) is 3.79. The van der Waals surface area contributed by atoms with Crippen molar-refractivity contribution in [3.8, 4) is 0 Å². The van der Waals surface area contributed by atoms with Crippen molar-refractivity contribution in [2.45, 2.75) is 38.6 Å². The van der Waals surface area contributed by atoms with E-state index in [1.807, 2.05) is 96.8 Å². The molecule has 0 aromatic heterocycles. The minimum Gasteiger partial charge on any atom is -0.334 e. The fraction of sp³-hybridized carbons (Fsp3) is 0.321. The Bertz CT molecular complexity index is 1150. The maximum Gasteiger partial charge on any atom is 0.226 e. The summed E-state index contributed by atoms with van der Waals surface area (Å²) in [4.78, 5) is 15.5. The molecule has 3 aromatic rings. The molecule has 1 heterocycles. The highest BCUT2D eigenvalue weighted by Crippen LogP contribution is 2.25. The molecule has 0 aliphatic carbocycles. The van der Waals surface area contributed by atoms with Crippen LogP contribution in [0, 0.1) is 12.8 Å². The molecule has 1 fully saturated rings. The number of rotatable bonds is 8. The molecule has 0 N–H and O–H groups in total. The van der Waals surface area contributed by atoms with Crippen molar-refractivity contribution in [2.75, 3.05) is 13.1 Å². The first-order chi connectivity index (χ1) is 16.4. The van der Waals surface area contributed by atoms with Gasteiger partial charge in [0.25, 0.3) is 0 Å². The highest BCUT2D eigenvalue weighted by Gasteiger charge is 2.33. The molecule has 4 rings (SSSR count). The lowest BCUT2D eigenvalue weighted by atomic mass is 9.96. The van der Waals surface area contributed by atoms with E-state index in [4.69, 9.17) is 0 Å². The standard InChI is InChI=1S/C28H32N2O3S/c1-23-10-8-9-15-27(23)22-34(32,33)30-18-16-26(17-19-30)28(31)29(20-24-11-4-2-5-12-24)21-25-13-6-3-7-14-25/h2-15,26H,16-22H2,1H3. The number of aryl methyl sites for hydroxylation is 1. The lowest BCUT2D eigenvalue weighted by molar-refractivity contribution is -0.138. The van der Waals surface area contributed by atoms with Gasteiger partial charge in [0.1, 0.15) is 0 Å². The van der Waals surface area contributed by atoms with Gasteiger partial charge in [-0.2, -0.15) is 0 Å². The Morgan fingerprint density at radius 3 is 1.85 bits per heavy atom. The lowest BCUT2D eigenvalue weighted by Gasteiger charge is -2.34. The largest absolute Gasteiger partial charge is 0.334 e.